The van der Waals surface area contributed by atoms with Crippen LogP contribution in [-0.4, -0.2) is 19.1 Å². The first-order chi connectivity index (χ1) is 28.8. The zero-order valence-electron chi connectivity index (χ0n) is 31.4. The molecule has 0 bridgehead atoms. The number of nitrogens with zero attached hydrogens (tertiary/aromatic N) is 4. The van der Waals surface area contributed by atoms with Crippen molar-refractivity contribution in [1.29, 1.82) is 0 Å². The Hall–Kier alpha value is -7.82. The van der Waals surface area contributed by atoms with Gasteiger partial charge in [0.1, 0.15) is 0 Å². The lowest BCUT2D eigenvalue weighted by Crippen LogP contribution is -1.97. The highest BCUT2D eigenvalue weighted by atomic mass is 15.0. The van der Waals surface area contributed by atoms with Gasteiger partial charge in [0.2, 0.25) is 0 Å². The van der Waals surface area contributed by atoms with E-state index in [9.17, 15) is 0 Å². The van der Waals surface area contributed by atoms with Gasteiger partial charge in [0.25, 0.3) is 0 Å². The van der Waals surface area contributed by atoms with Gasteiger partial charge in [-0.2, -0.15) is 0 Å². The molecule has 0 fully saturated rings. The number of hydrogen-bond donors (Lipinski definition) is 0. The van der Waals surface area contributed by atoms with Crippen LogP contribution in [0.25, 0.3) is 110 Å². The number of rotatable bonds is 5. The maximum absolute atomic E-state index is 5.13. The van der Waals surface area contributed by atoms with Crippen molar-refractivity contribution >= 4 is 65.2 Å². The molecule has 3 heterocycles. The molecule has 12 aromatic rings. The Morgan fingerprint density at radius 2 is 0.879 bits per heavy atom. The Labute approximate surface area is 334 Å². The summed E-state index contributed by atoms with van der Waals surface area (Å²) in [6.07, 6.45) is 0. The monoisotopic (exact) mass is 738 g/mol. The molecule has 0 spiro atoms. The van der Waals surface area contributed by atoms with Gasteiger partial charge in [-0.15, -0.1) is 0 Å². The van der Waals surface area contributed by atoms with Crippen LogP contribution in [0.5, 0.6) is 0 Å². The van der Waals surface area contributed by atoms with E-state index in [2.05, 4.69) is 203 Å². The molecular weight excluding hydrogens is 705 g/mol. The second kappa shape index (κ2) is 12.9. The van der Waals surface area contributed by atoms with E-state index in [1.165, 1.54) is 54.4 Å². The third-order valence-electron chi connectivity index (χ3n) is 11.7. The molecule has 3 aromatic heterocycles. The number of para-hydroxylation sites is 2. The van der Waals surface area contributed by atoms with Crippen LogP contribution in [0.2, 0.25) is 0 Å². The molecule has 4 heteroatoms. The zero-order chi connectivity index (χ0) is 38.2. The summed E-state index contributed by atoms with van der Waals surface area (Å²) in [6, 6.07) is 73.8. The predicted molar refractivity (Wildman–Crippen MR) is 242 cm³/mol. The Kier molecular flexibility index (Phi) is 7.20. The van der Waals surface area contributed by atoms with Crippen molar-refractivity contribution in [3.8, 4) is 45.3 Å². The quantitative estimate of drug-likeness (QED) is 0.176. The fraction of sp³-hybridized carbons (Fsp3) is 0. The lowest BCUT2D eigenvalue weighted by Gasteiger charge is -2.13. The van der Waals surface area contributed by atoms with Gasteiger partial charge in [-0.25, -0.2) is 9.97 Å². The summed E-state index contributed by atoms with van der Waals surface area (Å²) in [7, 11) is 0. The van der Waals surface area contributed by atoms with E-state index >= 15 is 0 Å². The summed E-state index contributed by atoms with van der Waals surface area (Å²) in [5.74, 6) is 0.703. The summed E-state index contributed by atoms with van der Waals surface area (Å²) in [5, 5.41) is 9.77. The second-order valence-electron chi connectivity index (χ2n) is 15.0. The Balaban J connectivity index is 1.07. The molecule has 58 heavy (non-hydrogen) atoms. The van der Waals surface area contributed by atoms with Crippen molar-refractivity contribution in [3.63, 3.8) is 0 Å². The Morgan fingerprint density at radius 1 is 0.310 bits per heavy atom. The molecule has 4 nitrogen and oxygen atoms in total. The van der Waals surface area contributed by atoms with Crippen molar-refractivity contribution in [2.45, 2.75) is 0 Å². The lowest BCUT2D eigenvalue weighted by atomic mass is 10.0. The van der Waals surface area contributed by atoms with E-state index in [0.29, 0.717) is 5.82 Å². The molecule has 0 N–H and O–H groups in total. The van der Waals surface area contributed by atoms with E-state index in [1.54, 1.807) is 0 Å². The average Bonchev–Trinajstić information content (AvgIpc) is 3.82. The van der Waals surface area contributed by atoms with E-state index in [1.807, 2.05) is 12.1 Å². The molecule has 12 rings (SSSR count). The average molecular weight is 739 g/mol. The normalized spacial score (nSPS) is 11.8. The highest BCUT2D eigenvalue weighted by Gasteiger charge is 2.21. The number of hydrogen-bond acceptors (Lipinski definition) is 2. The Morgan fingerprint density at radius 3 is 1.57 bits per heavy atom. The molecule has 0 atom stereocenters. The third-order valence-corrected chi connectivity index (χ3v) is 11.7. The van der Waals surface area contributed by atoms with E-state index in [0.717, 1.165) is 50.2 Å². The fourth-order valence-corrected chi connectivity index (χ4v) is 9.06. The SMILES string of the molecule is c1ccc(-c2cc(-c3ccccc3)nc(-c3ccc4c(-n5c6ccccc6c6c7c8ccccc8n(-c8ccc9ccccc9c8)c7ccc65)cccc4c3)n2)cc1. The van der Waals surface area contributed by atoms with Gasteiger partial charge in [0.05, 0.1) is 39.1 Å². The molecule has 0 radical (unpaired) electrons. The van der Waals surface area contributed by atoms with Crippen LogP contribution in [0, 0.1) is 0 Å². The van der Waals surface area contributed by atoms with Crippen molar-refractivity contribution in [2.24, 2.45) is 0 Å². The van der Waals surface area contributed by atoms with Gasteiger partial charge in [0, 0.05) is 49.3 Å². The van der Waals surface area contributed by atoms with Gasteiger partial charge in [-0.05, 0) is 70.8 Å². The highest BCUT2D eigenvalue weighted by Crippen LogP contribution is 2.43. The van der Waals surface area contributed by atoms with E-state index in [-0.39, 0.29) is 0 Å². The van der Waals surface area contributed by atoms with E-state index < -0.39 is 0 Å². The minimum absolute atomic E-state index is 0.703. The number of fused-ring (bicyclic) bond motifs is 9. The van der Waals surface area contributed by atoms with Crippen molar-refractivity contribution in [1.82, 2.24) is 19.1 Å². The van der Waals surface area contributed by atoms with Crippen molar-refractivity contribution in [3.05, 3.63) is 206 Å². The maximum atomic E-state index is 5.13. The van der Waals surface area contributed by atoms with Crippen LogP contribution in [0.3, 0.4) is 0 Å². The van der Waals surface area contributed by atoms with Gasteiger partial charge in [-0.1, -0.05) is 152 Å². The van der Waals surface area contributed by atoms with Gasteiger partial charge < -0.3 is 9.13 Å². The van der Waals surface area contributed by atoms with Gasteiger partial charge in [-0.3, -0.25) is 0 Å². The zero-order valence-corrected chi connectivity index (χ0v) is 31.4. The molecule has 0 amide bonds. The smallest absolute Gasteiger partial charge is 0.160 e. The molecule has 0 unspecified atom stereocenters. The molecule has 0 aliphatic carbocycles. The predicted octanol–water partition coefficient (Wildman–Crippen LogP) is 14.0. The van der Waals surface area contributed by atoms with Crippen LogP contribution in [-0.2, 0) is 0 Å². The topological polar surface area (TPSA) is 35.6 Å². The first-order valence-electron chi connectivity index (χ1n) is 19.7. The summed E-state index contributed by atoms with van der Waals surface area (Å²) in [6.45, 7) is 0. The van der Waals surface area contributed by atoms with Crippen LogP contribution in [0.15, 0.2) is 206 Å². The van der Waals surface area contributed by atoms with Crippen LogP contribution in [0.1, 0.15) is 0 Å². The van der Waals surface area contributed by atoms with Crippen molar-refractivity contribution < 1.29 is 0 Å². The first kappa shape index (κ1) is 32.4. The van der Waals surface area contributed by atoms with Gasteiger partial charge >= 0.3 is 0 Å². The minimum atomic E-state index is 0.703. The number of aromatic nitrogens is 4. The van der Waals surface area contributed by atoms with Crippen LogP contribution in [0.4, 0.5) is 0 Å². The molecule has 0 aliphatic heterocycles. The second-order valence-corrected chi connectivity index (χ2v) is 15.0. The highest BCUT2D eigenvalue weighted by molar-refractivity contribution is 6.29. The lowest BCUT2D eigenvalue weighted by molar-refractivity contribution is 1.18. The van der Waals surface area contributed by atoms with Crippen LogP contribution >= 0.6 is 0 Å². The molecule has 0 aliphatic rings. The Bertz CT molecular complexity index is 3500. The minimum Gasteiger partial charge on any atom is -0.309 e. The third kappa shape index (κ3) is 5.02. The summed E-state index contributed by atoms with van der Waals surface area (Å²) in [4.78, 5) is 10.3. The fourth-order valence-electron chi connectivity index (χ4n) is 9.06. The summed E-state index contributed by atoms with van der Waals surface area (Å²) >= 11 is 0. The standard InChI is InChI=1S/C54H34N4/c1-3-15-36(16-4-1)45-34-46(37-17-5-2-6-18-37)56-54(55-45)40-27-29-42-39(32-40)20-13-25-47(42)58-49-24-12-10-22-44(49)53-51(58)31-30-50-52(53)43-21-9-11-23-48(43)57(50)41-28-26-35-14-7-8-19-38(35)33-41/h1-34H. The van der Waals surface area contributed by atoms with E-state index in [4.69, 9.17) is 9.97 Å². The maximum Gasteiger partial charge on any atom is 0.160 e. The van der Waals surface area contributed by atoms with Gasteiger partial charge in [0.15, 0.2) is 5.82 Å². The molecular formula is C54H34N4. The summed E-state index contributed by atoms with van der Waals surface area (Å²) < 4.78 is 4.88. The van der Waals surface area contributed by atoms with Crippen LogP contribution < -0.4 is 0 Å². The van der Waals surface area contributed by atoms with Crippen molar-refractivity contribution in [2.75, 3.05) is 0 Å². The molecule has 9 aromatic carbocycles. The largest absolute Gasteiger partial charge is 0.309 e. The molecule has 270 valence electrons. The molecule has 0 saturated carbocycles. The molecule has 0 saturated heterocycles. The number of benzene rings is 9. The first-order valence-corrected chi connectivity index (χ1v) is 19.7. The summed E-state index contributed by atoms with van der Waals surface area (Å²) in [5.41, 5.74) is 11.9.